The molecular weight excluding hydrogens is 590 g/mol. The molecule has 2 fully saturated rings. The molecule has 3 aliphatic rings. The van der Waals surface area contributed by atoms with Gasteiger partial charge in [-0.2, -0.15) is 0 Å². The van der Waals surface area contributed by atoms with Crippen LogP contribution in [0.4, 0.5) is 17.6 Å². The summed E-state index contributed by atoms with van der Waals surface area (Å²) >= 11 is 0. The Labute approximate surface area is 256 Å². The molecule has 7 rings (SSSR count). The van der Waals surface area contributed by atoms with Crippen LogP contribution in [-0.4, -0.2) is 62.1 Å². The molecule has 238 valence electrons. The first-order valence-electron chi connectivity index (χ1n) is 15.5. The normalized spacial score (nSPS) is 26.8. The van der Waals surface area contributed by atoms with Crippen molar-refractivity contribution in [2.45, 2.75) is 69.8 Å². The Morgan fingerprint density at radius 2 is 1.93 bits per heavy atom. The molecule has 0 spiro atoms. The Balaban J connectivity index is 1.24. The lowest BCUT2D eigenvalue weighted by atomic mass is 10.0. The van der Waals surface area contributed by atoms with Crippen molar-refractivity contribution < 1.29 is 27.2 Å². The highest BCUT2D eigenvalue weighted by Crippen LogP contribution is 2.58. The van der Waals surface area contributed by atoms with Crippen molar-refractivity contribution >= 4 is 33.9 Å². The molecule has 13 heteroatoms. The van der Waals surface area contributed by atoms with Crippen molar-refractivity contribution in [1.29, 1.82) is 0 Å². The predicted molar refractivity (Wildman–Crippen MR) is 160 cm³/mol. The Bertz CT molecular complexity index is 1820. The maximum absolute atomic E-state index is 15.3. The molecule has 1 saturated heterocycles. The molecule has 3 N–H and O–H groups in total. The van der Waals surface area contributed by atoms with E-state index in [9.17, 15) is 22.8 Å². The fourth-order valence-electron chi connectivity index (χ4n) is 6.92. The minimum absolute atomic E-state index is 0.210. The molecular formula is C32H35F4N7O2. The lowest BCUT2D eigenvalue weighted by Crippen LogP contribution is -2.52. The van der Waals surface area contributed by atoms with E-state index in [0.717, 1.165) is 11.1 Å². The number of benzene rings is 1. The quantitative estimate of drug-likeness (QED) is 0.284. The first-order valence-corrected chi connectivity index (χ1v) is 15.5. The summed E-state index contributed by atoms with van der Waals surface area (Å²) in [6, 6.07) is 6.93. The zero-order valence-corrected chi connectivity index (χ0v) is 25.0. The Hall–Kier alpha value is -4.00. The van der Waals surface area contributed by atoms with Crippen molar-refractivity contribution in [2.24, 2.45) is 18.9 Å². The van der Waals surface area contributed by atoms with Gasteiger partial charge in [-0.1, -0.05) is 12.8 Å². The maximum Gasteiger partial charge on any atom is 0.263 e. The van der Waals surface area contributed by atoms with Crippen molar-refractivity contribution in [1.82, 2.24) is 35.1 Å². The summed E-state index contributed by atoms with van der Waals surface area (Å²) in [6.07, 6.45) is 1.30. The number of imidazole rings is 1. The van der Waals surface area contributed by atoms with Crippen LogP contribution in [0.15, 0.2) is 30.3 Å². The van der Waals surface area contributed by atoms with Gasteiger partial charge in [-0.25, -0.2) is 27.5 Å². The number of carbonyl (C=O) groups is 2. The molecule has 45 heavy (non-hydrogen) atoms. The van der Waals surface area contributed by atoms with Gasteiger partial charge in [0.25, 0.3) is 11.8 Å². The summed E-state index contributed by atoms with van der Waals surface area (Å²) in [5, 5.41) is 9.22. The molecule has 2 amide bonds. The molecule has 0 radical (unpaired) electrons. The summed E-state index contributed by atoms with van der Waals surface area (Å²) in [6.45, 7) is 3.07. The van der Waals surface area contributed by atoms with Crippen LogP contribution in [0, 0.1) is 17.7 Å². The number of nitrogens with one attached hydrogen (secondary N) is 3. The highest BCUT2D eigenvalue weighted by atomic mass is 19.3. The second-order valence-electron chi connectivity index (χ2n) is 12.6. The monoisotopic (exact) mass is 625 g/mol. The van der Waals surface area contributed by atoms with Gasteiger partial charge in [-0.15, -0.1) is 0 Å². The van der Waals surface area contributed by atoms with E-state index in [2.05, 4.69) is 16.0 Å². The molecule has 1 aliphatic carbocycles. The zero-order chi connectivity index (χ0) is 31.6. The summed E-state index contributed by atoms with van der Waals surface area (Å²) in [5.41, 5.74) is 2.61. The van der Waals surface area contributed by atoms with E-state index >= 15 is 4.39 Å². The van der Waals surface area contributed by atoms with Gasteiger partial charge in [-0.05, 0) is 57.0 Å². The molecule has 1 saturated carbocycles. The summed E-state index contributed by atoms with van der Waals surface area (Å²) < 4.78 is 62.2. The van der Waals surface area contributed by atoms with Crippen molar-refractivity contribution in [3.8, 4) is 11.5 Å². The number of hydrogen-bond acceptors (Lipinski definition) is 5. The number of hydrogen-bond donors (Lipinski definition) is 3. The van der Waals surface area contributed by atoms with Gasteiger partial charge in [0.1, 0.15) is 23.6 Å². The number of aromatic nitrogens is 4. The molecule has 5 atom stereocenters. The van der Waals surface area contributed by atoms with Crippen LogP contribution in [-0.2, 0) is 18.4 Å². The molecule has 0 unspecified atom stereocenters. The van der Waals surface area contributed by atoms with Crippen LogP contribution >= 0.6 is 0 Å². The second kappa shape index (κ2) is 11.1. The SMILES string of the molecule is C[C@H]1NC(=O)[C@@H]2[C@@H](CCCCCn3c(-c4nc5cc(C(=O)N[C@H]6CNCC[C@@H]6F)c(F)cc5n4C)cc4ccc1nc43)C2(F)F. The van der Waals surface area contributed by atoms with Gasteiger partial charge in [-0.3, -0.25) is 9.59 Å². The van der Waals surface area contributed by atoms with E-state index in [1.54, 1.807) is 24.6 Å². The lowest BCUT2D eigenvalue weighted by Gasteiger charge is -2.27. The first-order chi connectivity index (χ1) is 21.5. The number of halogens is 4. The zero-order valence-electron chi connectivity index (χ0n) is 25.0. The standard InChI is InChI=1S/C32H35F4N7O2/c1-16-22-8-7-17-12-26(43(28(17)39-22)11-5-3-4-6-19-27(31(45)38-16)32(19,35)36)29-40-23-13-18(21(34)14-25(23)42(29)2)30(44)41-24-15-37-10-9-20(24)33/h7-8,12-14,16,19-20,24,27,37H,3-6,9-11,15H2,1-2H3,(H,38,45)(H,41,44)/t16-,19-,20+,24+,27+/m1/s1. The predicted octanol–water partition coefficient (Wildman–Crippen LogP) is 4.79. The van der Waals surface area contributed by atoms with E-state index in [1.165, 1.54) is 12.1 Å². The summed E-state index contributed by atoms with van der Waals surface area (Å²) in [4.78, 5) is 35.4. The number of pyridine rings is 1. The highest BCUT2D eigenvalue weighted by Gasteiger charge is 2.71. The first kappa shape index (κ1) is 29.7. The van der Waals surface area contributed by atoms with Crippen LogP contribution in [0.2, 0.25) is 0 Å². The number of nitrogens with zero attached hydrogens (tertiary/aromatic N) is 4. The maximum atomic E-state index is 15.3. The van der Waals surface area contributed by atoms with Crippen molar-refractivity contribution in [2.75, 3.05) is 13.1 Å². The Morgan fingerprint density at radius 3 is 2.73 bits per heavy atom. The summed E-state index contributed by atoms with van der Waals surface area (Å²) in [7, 11) is 1.77. The van der Waals surface area contributed by atoms with E-state index < -0.39 is 53.6 Å². The van der Waals surface area contributed by atoms with Gasteiger partial charge in [0.2, 0.25) is 5.91 Å². The number of piperidine rings is 1. The Morgan fingerprint density at radius 1 is 1.11 bits per heavy atom. The molecule has 2 aliphatic heterocycles. The fraction of sp³-hybridized carbons (Fsp3) is 0.500. The van der Waals surface area contributed by atoms with Crippen molar-refractivity contribution in [3.05, 3.63) is 47.4 Å². The highest BCUT2D eigenvalue weighted by molar-refractivity contribution is 5.98. The Kier molecular flexibility index (Phi) is 7.33. The largest absolute Gasteiger partial charge is 0.348 e. The fourth-order valence-corrected chi connectivity index (χ4v) is 6.92. The van der Waals surface area contributed by atoms with Crippen LogP contribution in [0.1, 0.15) is 61.1 Å². The van der Waals surface area contributed by atoms with Crippen LogP contribution in [0.25, 0.3) is 33.6 Å². The molecule has 4 aromatic rings. The number of alkyl halides is 3. The number of fused-ring (bicyclic) bond motifs is 3. The third-order valence-electron chi connectivity index (χ3n) is 9.61. The van der Waals surface area contributed by atoms with Gasteiger partial charge >= 0.3 is 0 Å². The van der Waals surface area contributed by atoms with Gasteiger partial charge < -0.3 is 25.1 Å². The number of amides is 2. The van der Waals surface area contributed by atoms with Gasteiger partial charge in [0, 0.05) is 37.5 Å². The third kappa shape index (κ3) is 5.14. The molecule has 9 nitrogen and oxygen atoms in total. The van der Waals surface area contributed by atoms with Gasteiger partial charge in [0.05, 0.1) is 40.1 Å². The summed E-state index contributed by atoms with van der Waals surface area (Å²) in [5.74, 6) is -6.76. The third-order valence-corrected chi connectivity index (χ3v) is 9.61. The number of aryl methyl sites for hydroxylation is 2. The molecule has 2 bridgehead atoms. The number of carbonyl (C=O) groups excluding carboxylic acids is 2. The minimum Gasteiger partial charge on any atom is -0.348 e. The van der Waals surface area contributed by atoms with Crippen molar-refractivity contribution in [3.63, 3.8) is 0 Å². The van der Waals surface area contributed by atoms with E-state index in [4.69, 9.17) is 9.97 Å². The smallest absolute Gasteiger partial charge is 0.263 e. The van der Waals surface area contributed by atoms with Crippen LogP contribution < -0.4 is 16.0 Å². The van der Waals surface area contributed by atoms with Crippen LogP contribution in [0.5, 0.6) is 0 Å². The molecule has 1 aromatic carbocycles. The molecule has 3 aromatic heterocycles. The number of rotatable bonds is 3. The van der Waals surface area contributed by atoms with E-state index in [-0.39, 0.29) is 24.9 Å². The van der Waals surface area contributed by atoms with E-state index in [0.29, 0.717) is 60.6 Å². The van der Waals surface area contributed by atoms with E-state index in [1.807, 2.05) is 16.7 Å². The second-order valence-corrected chi connectivity index (χ2v) is 12.6. The topological polar surface area (TPSA) is 106 Å². The van der Waals surface area contributed by atoms with Crippen LogP contribution in [0.3, 0.4) is 0 Å². The average Bonchev–Trinajstić information content (AvgIpc) is 3.22. The molecule has 5 heterocycles. The van der Waals surface area contributed by atoms with Gasteiger partial charge in [0.15, 0.2) is 5.82 Å². The average molecular weight is 626 g/mol. The lowest BCUT2D eigenvalue weighted by molar-refractivity contribution is -0.125. The minimum atomic E-state index is -2.98.